The van der Waals surface area contributed by atoms with Crippen molar-refractivity contribution in [3.05, 3.63) is 5.82 Å². The van der Waals surface area contributed by atoms with Gasteiger partial charge in [0, 0.05) is 13.0 Å². The number of hydrogen-bond donors (Lipinski definition) is 1. The number of nitrogens with one attached hydrogen (secondary N) is 1. The Labute approximate surface area is 102 Å². The number of amides is 1. The molecule has 0 aliphatic carbocycles. The van der Waals surface area contributed by atoms with Gasteiger partial charge in [-0.1, -0.05) is 0 Å². The number of aromatic nitrogens is 3. The molecule has 1 aromatic rings. The molecule has 0 saturated carbocycles. The number of aromatic amines is 1. The molecule has 92 valence electrons. The van der Waals surface area contributed by atoms with Gasteiger partial charge < -0.3 is 4.74 Å². The van der Waals surface area contributed by atoms with Crippen molar-refractivity contribution in [2.45, 2.75) is 18.7 Å². The monoisotopic (exact) mass is 258 g/mol. The average Bonchev–Trinajstić information content (AvgIpc) is 2.85. The first-order valence-electron chi connectivity index (χ1n) is 5.15. The van der Waals surface area contributed by atoms with Crippen LogP contribution >= 0.6 is 11.6 Å². The van der Waals surface area contributed by atoms with E-state index in [0.717, 1.165) is 0 Å². The molecule has 8 heteroatoms. The maximum absolute atomic E-state index is 11.5. The summed E-state index contributed by atoms with van der Waals surface area (Å²) in [5, 5.41) is 5.98. The molecule has 0 spiro atoms. The molecule has 0 radical (unpaired) electrons. The second kappa shape index (κ2) is 4.70. The van der Waals surface area contributed by atoms with Crippen LogP contribution in [0.3, 0.4) is 0 Å². The molecule has 1 fully saturated rings. The van der Waals surface area contributed by atoms with Crippen molar-refractivity contribution in [3.8, 4) is 0 Å². The summed E-state index contributed by atoms with van der Waals surface area (Å²) in [4.78, 5) is 28.1. The zero-order valence-corrected chi connectivity index (χ0v) is 9.90. The van der Waals surface area contributed by atoms with E-state index in [0.29, 0.717) is 6.54 Å². The Kier molecular flexibility index (Phi) is 3.28. The zero-order valence-electron chi connectivity index (χ0n) is 9.14. The first-order valence-corrected chi connectivity index (χ1v) is 5.59. The summed E-state index contributed by atoms with van der Waals surface area (Å²) in [7, 11) is 0. The Morgan fingerprint density at radius 3 is 3.06 bits per heavy atom. The molecule has 1 N–H and O–H groups in total. The molecule has 17 heavy (non-hydrogen) atoms. The van der Waals surface area contributed by atoms with Crippen molar-refractivity contribution in [2.24, 2.45) is 0 Å². The van der Waals surface area contributed by atoms with Crippen molar-refractivity contribution in [3.63, 3.8) is 0 Å². The van der Waals surface area contributed by atoms with Gasteiger partial charge in [0.25, 0.3) is 5.95 Å². The van der Waals surface area contributed by atoms with Crippen LogP contribution in [0, 0.1) is 0 Å². The highest BCUT2D eigenvalue weighted by atomic mass is 35.5. The summed E-state index contributed by atoms with van der Waals surface area (Å²) in [6.45, 7) is 2.29. The van der Waals surface area contributed by atoms with Crippen LogP contribution in [0.25, 0.3) is 0 Å². The highest BCUT2D eigenvalue weighted by molar-refractivity contribution is 6.24. The fourth-order valence-electron chi connectivity index (χ4n) is 1.52. The fourth-order valence-corrected chi connectivity index (χ4v) is 1.79. The van der Waals surface area contributed by atoms with Gasteiger partial charge in [-0.3, -0.25) is 14.8 Å². The Balaban J connectivity index is 2.13. The highest BCUT2D eigenvalue weighted by Crippen LogP contribution is 2.20. The van der Waals surface area contributed by atoms with Crippen molar-refractivity contribution in [1.82, 2.24) is 15.2 Å². The van der Waals surface area contributed by atoms with Gasteiger partial charge in [-0.2, -0.15) is 4.98 Å². The summed E-state index contributed by atoms with van der Waals surface area (Å²) in [5.74, 6) is -0.617. The third kappa shape index (κ3) is 2.38. The first-order chi connectivity index (χ1) is 8.11. The third-order valence-electron chi connectivity index (χ3n) is 2.26. The van der Waals surface area contributed by atoms with Gasteiger partial charge in [0.1, 0.15) is 0 Å². The van der Waals surface area contributed by atoms with Gasteiger partial charge in [0.15, 0.2) is 0 Å². The molecular weight excluding hydrogens is 248 g/mol. The minimum Gasteiger partial charge on any atom is -0.460 e. The zero-order chi connectivity index (χ0) is 12.4. The maximum Gasteiger partial charge on any atom is 0.375 e. The van der Waals surface area contributed by atoms with E-state index < -0.39 is 5.97 Å². The lowest BCUT2D eigenvalue weighted by Crippen LogP contribution is -2.25. The van der Waals surface area contributed by atoms with E-state index in [1.165, 1.54) is 4.90 Å². The number of rotatable bonds is 3. The van der Waals surface area contributed by atoms with Crippen LogP contribution < -0.4 is 4.90 Å². The summed E-state index contributed by atoms with van der Waals surface area (Å²) < 4.78 is 4.75. The molecule has 1 saturated heterocycles. The van der Waals surface area contributed by atoms with E-state index in [-0.39, 0.29) is 36.1 Å². The second-order valence-electron chi connectivity index (χ2n) is 3.51. The Bertz CT molecular complexity index is 447. The predicted molar refractivity (Wildman–Crippen MR) is 59.0 cm³/mol. The van der Waals surface area contributed by atoms with Crippen molar-refractivity contribution < 1.29 is 14.3 Å². The van der Waals surface area contributed by atoms with E-state index in [4.69, 9.17) is 16.3 Å². The predicted octanol–water partition coefficient (Wildman–Crippen LogP) is 0.325. The minimum absolute atomic E-state index is 0.0207. The van der Waals surface area contributed by atoms with E-state index in [1.807, 2.05) is 0 Å². The SMILES string of the molecule is CCOC(=O)c1nc(N2CC(Cl)CC2=O)n[nH]1. The van der Waals surface area contributed by atoms with Crippen LogP contribution in [-0.2, 0) is 9.53 Å². The number of alkyl halides is 1. The van der Waals surface area contributed by atoms with Crippen LogP contribution in [-0.4, -0.2) is 45.6 Å². The number of halogens is 1. The molecule has 1 amide bonds. The topological polar surface area (TPSA) is 88.2 Å². The molecular formula is C9H11ClN4O3. The summed E-state index contributed by atoms with van der Waals surface area (Å²) in [6.07, 6.45) is 0.255. The number of ether oxygens (including phenoxy) is 1. The largest absolute Gasteiger partial charge is 0.460 e. The molecule has 0 aromatic carbocycles. The van der Waals surface area contributed by atoms with E-state index >= 15 is 0 Å². The van der Waals surface area contributed by atoms with Crippen LogP contribution in [0.2, 0.25) is 0 Å². The second-order valence-corrected chi connectivity index (χ2v) is 4.13. The van der Waals surface area contributed by atoms with Crippen molar-refractivity contribution in [1.29, 1.82) is 0 Å². The first kappa shape index (κ1) is 11.8. The number of anilines is 1. The van der Waals surface area contributed by atoms with Gasteiger partial charge in [-0.05, 0) is 6.92 Å². The standard InChI is InChI=1S/C9H11ClN4O3/c1-2-17-8(16)7-11-9(13-12-7)14-4-5(10)3-6(14)15/h5H,2-4H2,1H3,(H,11,12,13). The minimum atomic E-state index is -0.597. The molecule has 0 bridgehead atoms. The number of H-pyrrole nitrogens is 1. The lowest BCUT2D eigenvalue weighted by atomic mass is 10.4. The molecule has 1 aromatic heterocycles. The van der Waals surface area contributed by atoms with E-state index in [1.54, 1.807) is 6.92 Å². The van der Waals surface area contributed by atoms with Crippen LogP contribution in [0.4, 0.5) is 5.95 Å². The van der Waals surface area contributed by atoms with Crippen LogP contribution in [0.1, 0.15) is 24.0 Å². The Hall–Kier alpha value is -1.63. The number of carbonyl (C=O) groups excluding carboxylic acids is 2. The summed E-state index contributed by atoms with van der Waals surface area (Å²) in [5.41, 5.74) is 0. The Morgan fingerprint density at radius 2 is 2.47 bits per heavy atom. The Morgan fingerprint density at radius 1 is 1.71 bits per heavy atom. The van der Waals surface area contributed by atoms with Gasteiger partial charge in [-0.25, -0.2) is 4.79 Å². The van der Waals surface area contributed by atoms with E-state index in [9.17, 15) is 9.59 Å². The molecule has 1 aliphatic heterocycles. The lowest BCUT2D eigenvalue weighted by molar-refractivity contribution is -0.117. The van der Waals surface area contributed by atoms with Crippen LogP contribution in [0.15, 0.2) is 0 Å². The van der Waals surface area contributed by atoms with Crippen LogP contribution in [0.5, 0.6) is 0 Å². The number of carbonyl (C=O) groups is 2. The molecule has 1 atom stereocenters. The normalized spacial score (nSPS) is 19.8. The third-order valence-corrected chi connectivity index (χ3v) is 2.55. The average molecular weight is 259 g/mol. The molecule has 2 rings (SSSR count). The fraction of sp³-hybridized carbons (Fsp3) is 0.556. The lowest BCUT2D eigenvalue weighted by Gasteiger charge is -2.09. The number of nitrogens with zero attached hydrogens (tertiary/aromatic N) is 3. The molecule has 1 aliphatic rings. The number of esters is 1. The molecule has 2 heterocycles. The summed E-state index contributed by atoms with van der Waals surface area (Å²) >= 11 is 5.85. The number of hydrogen-bond acceptors (Lipinski definition) is 5. The van der Waals surface area contributed by atoms with Crippen molar-refractivity contribution >= 4 is 29.4 Å². The molecule has 7 nitrogen and oxygen atoms in total. The quantitative estimate of drug-likeness (QED) is 0.623. The van der Waals surface area contributed by atoms with Gasteiger partial charge in [0.05, 0.1) is 12.0 Å². The molecule has 1 unspecified atom stereocenters. The maximum atomic E-state index is 11.5. The smallest absolute Gasteiger partial charge is 0.375 e. The highest BCUT2D eigenvalue weighted by Gasteiger charge is 2.32. The van der Waals surface area contributed by atoms with Gasteiger partial charge >= 0.3 is 5.97 Å². The van der Waals surface area contributed by atoms with Gasteiger partial charge in [0.2, 0.25) is 11.7 Å². The van der Waals surface area contributed by atoms with Crippen molar-refractivity contribution in [2.75, 3.05) is 18.1 Å². The van der Waals surface area contributed by atoms with Gasteiger partial charge in [-0.15, -0.1) is 16.7 Å². The summed E-state index contributed by atoms with van der Waals surface area (Å²) in [6, 6.07) is 0. The van der Waals surface area contributed by atoms with E-state index in [2.05, 4.69) is 15.2 Å².